The molecule has 2 aromatic rings. The molecule has 0 saturated heterocycles. The zero-order valence-corrected chi connectivity index (χ0v) is 56.1. The first kappa shape index (κ1) is 86.8. The van der Waals surface area contributed by atoms with Gasteiger partial charge in [0.2, 0.25) is 0 Å². The normalized spacial score (nSPS) is 11.9. The molecule has 29 nitrogen and oxygen atoms in total. The molecule has 94 heavy (non-hydrogen) atoms. The average molecular weight is 1350 g/mol. The molecule has 0 aromatic heterocycles. The number of azide groups is 1. The number of hydrogen-bond acceptors (Lipinski definition) is 27. The lowest BCUT2D eigenvalue weighted by Crippen LogP contribution is -2.26. The van der Waals surface area contributed by atoms with Crippen LogP contribution in [0.3, 0.4) is 0 Å². The fraction of sp³-hybridized carbons (Fsp3) is 0.815. The highest BCUT2D eigenvalue weighted by atomic mass is 16.6. The van der Waals surface area contributed by atoms with Gasteiger partial charge in [0.25, 0.3) is 0 Å². The van der Waals surface area contributed by atoms with Gasteiger partial charge < -0.3 is 123 Å². The van der Waals surface area contributed by atoms with E-state index in [0.29, 0.717) is 330 Å². The molecule has 0 aliphatic carbocycles. The lowest BCUT2D eigenvalue weighted by atomic mass is 10.2. The van der Waals surface area contributed by atoms with Crippen LogP contribution in [0.2, 0.25) is 0 Å². The Labute approximate surface area is 558 Å². The molecule has 29 heteroatoms. The Bertz CT molecular complexity index is 1800. The van der Waals surface area contributed by atoms with Crippen LogP contribution in [0.15, 0.2) is 65.8 Å². The van der Waals surface area contributed by atoms with Crippen LogP contribution in [0.5, 0.6) is 0 Å². The van der Waals surface area contributed by atoms with E-state index in [9.17, 15) is 0 Å². The van der Waals surface area contributed by atoms with Crippen LogP contribution < -0.4 is 0 Å². The van der Waals surface area contributed by atoms with Gasteiger partial charge in [0.15, 0.2) is 0 Å². The highest BCUT2D eigenvalue weighted by Crippen LogP contribution is 2.02. The van der Waals surface area contributed by atoms with E-state index in [1.165, 1.54) is 0 Å². The molecule has 0 N–H and O–H groups in total. The van der Waals surface area contributed by atoms with Gasteiger partial charge in [-0.1, -0.05) is 65.8 Å². The quantitative estimate of drug-likeness (QED) is 0.0381. The number of ether oxygens (including phenoxy) is 26. The van der Waals surface area contributed by atoms with Crippen LogP contribution in [-0.4, -0.2) is 336 Å². The molecule has 0 amide bonds. The van der Waals surface area contributed by atoms with E-state index in [2.05, 4.69) is 10.0 Å². The van der Waals surface area contributed by atoms with E-state index in [1.807, 2.05) is 60.7 Å². The lowest BCUT2D eigenvalue weighted by Gasteiger charge is -2.16. The third kappa shape index (κ3) is 68.6. The van der Waals surface area contributed by atoms with Crippen LogP contribution in [0, 0.1) is 0 Å². The standard InChI is InChI=1S/C65H115N3O26/c66-68-67-59-65(94-58-57-90-50-49-86-42-41-82-34-33-78-26-25-74-18-17-70-12-15-72-20-23-76-28-31-80-36-39-84-44-47-88-52-55-92-61-64-9-5-2-6-10-64)62-93-56-53-89-48-45-85-40-37-81-32-29-77-24-21-73-16-13-69-11-14-71-19-22-75-27-30-79-35-38-83-43-46-87-51-54-91-60-63-7-3-1-4-8-63/h1-10,65H,11-62H2. The first-order chi connectivity index (χ1) is 46.9. The van der Waals surface area contributed by atoms with Crippen LogP contribution in [0.25, 0.3) is 10.4 Å². The fourth-order valence-corrected chi connectivity index (χ4v) is 7.25. The van der Waals surface area contributed by atoms with Gasteiger partial charge in [-0.3, -0.25) is 0 Å². The molecule has 0 bridgehead atoms. The summed E-state index contributed by atoms with van der Waals surface area (Å²) in [5.41, 5.74) is 11.1. The topological polar surface area (TPSA) is 289 Å². The van der Waals surface area contributed by atoms with Gasteiger partial charge in [0.05, 0.1) is 350 Å². The molecule has 0 aliphatic rings. The molecule has 0 radical (unpaired) electrons. The van der Waals surface area contributed by atoms with Crippen molar-refractivity contribution in [2.45, 2.75) is 19.3 Å². The maximum Gasteiger partial charge on any atom is 0.0865 e. The first-order valence-corrected chi connectivity index (χ1v) is 33.0. The van der Waals surface area contributed by atoms with Crippen molar-refractivity contribution < 1.29 is 123 Å². The van der Waals surface area contributed by atoms with Crippen molar-refractivity contribution in [3.63, 3.8) is 0 Å². The minimum atomic E-state index is -0.408. The van der Waals surface area contributed by atoms with Crippen molar-refractivity contribution in [1.82, 2.24) is 0 Å². The van der Waals surface area contributed by atoms with Crippen molar-refractivity contribution in [2.24, 2.45) is 5.11 Å². The maximum atomic E-state index is 8.77. The molecule has 0 heterocycles. The second-order valence-corrected chi connectivity index (χ2v) is 19.5. The van der Waals surface area contributed by atoms with Gasteiger partial charge in [0.1, 0.15) is 0 Å². The molecular formula is C65H115N3O26. The molecule has 0 spiro atoms. The van der Waals surface area contributed by atoms with Crippen molar-refractivity contribution in [1.29, 1.82) is 0 Å². The molecule has 2 aromatic carbocycles. The van der Waals surface area contributed by atoms with E-state index >= 15 is 0 Å². The maximum absolute atomic E-state index is 8.77. The molecule has 1 atom stereocenters. The summed E-state index contributed by atoms with van der Waals surface area (Å²) in [7, 11) is 0. The summed E-state index contributed by atoms with van der Waals surface area (Å²) in [4.78, 5) is 2.83. The third-order valence-corrected chi connectivity index (χ3v) is 12.0. The third-order valence-electron chi connectivity index (χ3n) is 12.0. The first-order valence-electron chi connectivity index (χ1n) is 33.0. The Morgan fingerprint density at radius 2 is 0.394 bits per heavy atom. The average Bonchev–Trinajstić information content (AvgIpc) is 3.79. The summed E-state index contributed by atoms with van der Waals surface area (Å²) in [6.45, 7) is 24.1. The lowest BCUT2D eigenvalue weighted by molar-refractivity contribution is -0.0534. The van der Waals surface area contributed by atoms with Crippen LogP contribution in [0.1, 0.15) is 11.1 Å². The van der Waals surface area contributed by atoms with E-state index in [0.717, 1.165) is 11.1 Å². The summed E-state index contributed by atoms with van der Waals surface area (Å²) >= 11 is 0. The zero-order valence-electron chi connectivity index (χ0n) is 56.1. The van der Waals surface area contributed by atoms with E-state index in [-0.39, 0.29) is 13.2 Å². The fourth-order valence-electron chi connectivity index (χ4n) is 7.25. The van der Waals surface area contributed by atoms with Crippen molar-refractivity contribution in [2.75, 3.05) is 330 Å². The Morgan fingerprint density at radius 1 is 0.223 bits per heavy atom. The van der Waals surface area contributed by atoms with Gasteiger partial charge in [-0.25, -0.2) is 0 Å². The molecule has 1 unspecified atom stereocenters. The van der Waals surface area contributed by atoms with Crippen LogP contribution in [0.4, 0.5) is 0 Å². The molecule has 0 fully saturated rings. The smallest absolute Gasteiger partial charge is 0.0865 e. The van der Waals surface area contributed by atoms with Crippen LogP contribution >= 0.6 is 0 Å². The highest BCUT2D eigenvalue weighted by Gasteiger charge is 2.09. The van der Waals surface area contributed by atoms with Gasteiger partial charge in [-0.2, -0.15) is 0 Å². The monoisotopic (exact) mass is 1350 g/mol. The van der Waals surface area contributed by atoms with Crippen molar-refractivity contribution in [3.05, 3.63) is 82.2 Å². The molecule has 0 aliphatic heterocycles. The van der Waals surface area contributed by atoms with E-state index in [1.54, 1.807) is 0 Å². The minimum Gasteiger partial charge on any atom is -0.377 e. The summed E-state index contributed by atoms with van der Waals surface area (Å²) in [6.07, 6.45) is -0.408. The SMILES string of the molecule is [N-]=[N+]=NCC(COCCOCCOCCOCCOCCOCCOCCOCCOCCOCCOCCOCCOCc1ccccc1)OCCOCCOCCOCCOCCOCCOCCOCCOCCOCCOCCOCCOCc1ccccc1. The summed E-state index contributed by atoms with van der Waals surface area (Å²) in [6, 6.07) is 20.1. The Morgan fingerprint density at radius 3 is 0.585 bits per heavy atom. The Hall–Kier alpha value is -3.29. The van der Waals surface area contributed by atoms with Crippen molar-refractivity contribution >= 4 is 0 Å². The largest absolute Gasteiger partial charge is 0.377 e. The van der Waals surface area contributed by atoms with Gasteiger partial charge in [-0.15, -0.1) is 0 Å². The molecular weight excluding hydrogens is 1240 g/mol. The predicted molar refractivity (Wildman–Crippen MR) is 345 cm³/mol. The van der Waals surface area contributed by atoms with Gasteiger partial charge in [-0.05, 0) is 16.7 Å². The zero-order chi connectivity index (χ0) is 66.4. The number of nitrogens with zero attached hydrogens (tertiary/aromatic N) is 3. The molecule has 546 valence electrons. The Balaban J connectivity index is 1.15. The summed E-state index contributed by atoms with van der Waals surface area (Å²) < 4.78 is 144. The second kappa shape index (κ2) is 77.1. The molecule has 2 rings (SSSR count). The highest BCUT2D eigenvalue weighted by molar-refractivity contribution is 5.14. The number of hydrogen-bond donors (Lipinski definition) is 0. The summed E-state index contributed by atoms with van der Waals surface area (Å²) in [5.74, 6) is 0. The second-order valence-electron chi connectivity index (χ2n) is 19.5. The number of benzene rings is 2. The minimum absolute atomic E-state index is 0.139. The van der Waals surface area contributed by atoms with E-state index < -0.39 is 6.10 Å². The summed E-state index contributed by atoms with van der Waals surface area (Å²) in [5, 5.41) is 3.62. The number of rotatable bonds is 81. The van der Waals surface area contributed by atoms with Crippen LogP contribution in [-0.2, 0) is 136 Å². The van der Waals surface area contributed by atoms with Gasteiger partial charge >= 0.3 is 0 Å². The van der Waals surface area contributed by atoms with Gasteiger partial charge in [0, 0.05) is 4.91 Å². The molecule has 0 saturated carbocycles. The van der Waals surface area contributed by atoms with Crippen molar-refractivity contribution in [3.8, 4) is 0 Å². The van der Waals surface area contributed by atoms with E-state index in [4.69, 9.17) is 129 Å². The Kier molecular flexibility index (Phi) is 71.2. The predicted octanol–water partition coefficient (Wildman–Crippen LogP) is 4.50.